The molecular weight excluding hydrogens is 366 g/mol. The van der Waals surface area contributed by atoms with Crippen LogP contribution in [0, 0.1) is 5.92 Å². The zero-order valence-electron chi connectivity index (χ0n) is 15.8. The van der Waals surface area contributed by atoms with E-state index in [2.05, 4.69) is 5.32 Å². The molecule has 0 unspecified atom stereocenters. The molecule has 27 heavy (non-hydrogen) atoms. The molecule has 2 saturated heterocycles. The lowest BCUT2D eigenvalue weighted by Gasteiger charge is -2.41. The van der Waals surface area contributed by atoms with E-state index in [0.717, 1.165) is 12.0 Å². The number of piperidine rings is 1. The van der Waals surface area contributed by atoms with Gasteiger partial charge in [0.25, 0.3) is 0 Å². The van der Waals surface area contributed by atoms with Crippen LogP contribution in [0.15, 0.2) is 30.3 Å². The van der Waals surface area contributed by atoms with Crippen LogP contribution < -0.4 is 5.32 Å². The summed E-state index contributed by atoms with van der Waals surface area (Å²) in [6.45, 7) is 5.03. The van der Waals surface area contributed by atoms with E-state index in [1.54, 1.807) is 4.31 Å². The maximum Gasteiger partial charge on any atom is 0.317 e. The van der Waals surface area contributed by atoms with Gasteiger partial charge in [-0.1, -0.05) is 37.3 Å². The normalized spacial score (nSPS) is 24.1. The highest BCUT2D eigenvalue weighted by atomic mass is 32.2. The minimum Gasteiger partial charge on any atom is -0.379 e. The molecule has 1 N–H and O–H groups in total. The third-order valence-electron chi connectivity index (χ3n) is 5.24. The largest absolute Gasteiger partial charge is 0.379 e. The van der Waals surface area contributed by atoms with E-state index in [9.17, 15) is 13.2 Å². The number of nitrogens with zero attached hydrogens (tertiary/aromatic N) is 2. The molecule has 2 aliphatic rings. The van der Waals surface area contributed by atoms with Crippen molar-refractivity contribution in [1.82, 2.24) is 14.5 Å². The Labute approximate surface area is 161 Å². The molecular formula is C19H29N3O4S. The van der Waals surface area contributed by atoms with Crippen molar-refractivity contribution < 1.29 is 17.9 Å². The molecule has 2 heterocycles. The molecule has 2 atom stereocenters. The SMILES string of the molecule is CCCNC(=O)N1CCOC[C@H]2CN(S(=O)(=O)Cc3ccccc3)CC[C@H]21. The van der Waals surface area contributed by atoms with Crippen molar-refractivity contribution >= 4 is 16.1 Å². The quantitative estimate of drug-likeness (QED) is 0.822. The first-order valence-electron chi connectivity index (χ1n) is 9.65. The summed E-state index contributed by atoms with van der Waals surface area (Å²) in [5.74, 6) is 0.00597. The van der Waals surface area contributed by atoms with Gasteiger partial charge in [0, 0.05) is 38.1 Å². The Kier molecular flexibility index (Phi) is 6.73. The zero-order valence-corrected chi connectivity index (χ0v) is 16.7. The number of ether oxygens (including phenoxy) is 1. The Bertz CT molecular complexity index is 726. The summed E-state index contributed by atoms with van der Waals surface area (Å²) in [6, 6.07) is 9.19. The van der Waals surface area contributed by atoms with Gasteiger partial charge < -0.3 is 15.0 Å². The Balaban J connectivity index is 1.68. The number of amides is 2. The van der Waals surface area contributed by atoms with E-state index in [4.69, 9.17) is 4.74 Å². The van der Waals surface area contributed by atoms with E-state index in [0.29, 0.717) is 45.8 Å². The van der Waals surface area contributed by atoms with E-state index in [1.165, 1.54) is 0 Å². The van der Waals surface area contributed by atoms with Gasteiger partial charge in [0.15, 0.2) is 0 Å². The van der Waals surface area contributed by atoms with Crippen molar-refractivity contribution in [2.24, 2.45) is 5.92 Å². The molecule has 0 radical (unpaired) electrons. The fourth-order valence-corrected chi connectivity index (χ4v) is 5.44. The molecule has 0 bridgehead atoms. The summed E-state index contributed by atoms with van der Waals surface area (Å²) in [5, 5.41) is 2.94. The van der Waals surface area contributed by atoms with E-state index in [1.807, 2.05) is 42.2 Å². The summed E-state index contributed by atoms with van der Waals surface area (Å²) in [4.78, 5) is 14.4. The van der Waals surface area contributed by atoms with Gasteiger partial charge in [0.05, 0.1) is 19.0 Å². The van der Waals surface area contributed by atoms with Crippen molar-refractivity contribution in [2.45, 2.75) is 31.6 Å². The number of fused-ring (bicyclic) bond motifs is 1. The summed E-state index contributed by atoms with van der Waals surface area (Å²) < 4.78 is 33.0. The number of benzene rings is 1. The van der Waals surface area contributed by atoms with Crippen molar-refractivity contribution in [2.75, 3.05) is 39.4 Å². The first-order chi connectivity index (χ1) is 13.0. The smallest absolute Gasteiger partial charge is 0.317 e. The second-order valence-corrected chi connectivity index (χ2v) is 9.19. The molecule has 2 amide bonds. The number of rotatable bonds is 5. The Morgan fingerprint density at radius 2 is 2.04 bits per heavy atom. The van der Waals surface area contributed by atoms with Crippen LogP contribution in [0.3, 0.4) is 0 Å². The van der Waals surface area contributed by atoms with Gasteiger partial charge in [0.2, 0.25) is 10.0 Å². The van der Waals surface area contributed by atoms with Crippen LogP contribution in [-0.4, -0.2) is 69.1 Å². The van der Waals surface area contributed by atoms with E-state index in [-0.39, 0.29) is 23.7 Å². The number of carbonyl (C=O) groups excluding carboxylic acids is 1. The Hall–Kier alpha value is -1.64. The van der Waals surface area contributed by atoms with Gasteiger partial charge in [-0.2, -0.15) is 0 Å². The van der Waals surface area contributed by atoms with Gasteiger partial charge in [0.1, 0.15) is 0 Å². The fraction of sp³-hybridized carbons (Fsp3) is 0.632. The van der Waals surface area contributed by atoms with Crippen LogP contribution in [-0.2, 0) is 20.5 Å². The maximum absolute atomic E-state index is 12.9. The van der Waals surface area contributed by atoms with Crippen LogP contribution >= 0.6 is 0 Å². The molecule has 0 spiro atoms. The summed E-state index contributed by atoms with van der Waals surface area (Å²) in [6.07, 6.45) is 1.53. The minimum atomic E-state index is -3.39. The Morgan fingerprint density at radius 3 is 2.78 bits per heavy atom. The monoisotopic (exact) mass is 395 g/mol. The third kappa shape index (κ3) is 5.00. The van der Waals surface area contributed by atoms with Crippen molar-refractivity contribution in [1.29, 1.82) is 0 Å². The van der Waals surface area contributed by atoms with Crippen LogP contribution in [0.2, 0.25) is 0 Å². The van der Waals surface area contributed by atoms with E-state index >= 15 is 0 Å². The van der Waals surface area contributed by atoms with Gasteiger partial charge in [-0.25, -0.2) is 17.5 Å². The molecule has 3 rings (SSSR count). The van der Waals surface area contributed by atoms with Gasteiger partial charge in [-0.15, -0.1) is 0 Å². The number of nitrogens with one attached hydrogen (secondary N) is 1. The lowest BCUT2D eigenvalue weighted by atomic mass is 9.93. The highest BCUT2D eigenvalue weighted by Crippen LogP contribution is 2.27. The van der Waals surface area contributed by atoms with Gasteiger partial charge >= 0.3 is 6.03 Å². The average molecular weight is 396 g/mol. The topological polar surface area (TPSA) is 79.0 Å². The molecule has 8 heteroatoms. The first-order valence-corrected chi connectivity index (χ1v) is 11.3. The van der Waals surface area contributed by atoms with Crippen LogP contribution in [0.5, 0.6) is 0 Å². The predicted octanol–water partition coefficient (Wildman–Crippen LogP) is 1.66. The molecule has 0 aromatic heterocycles. The van der Waals surface area contributed by atoms with Crippen LogP contribution in [0.1, 0.15) is 25.3 Å². The maximum atomic E-state index is 12.9. The second kappa shape index (κ2) is 9.03. The van der Waals surface area contributed by atoms with Crippen LogP contribution in [0.4, 0.5) is 4.79 Å². The highest BCUT2D eigenvalue weighted by Gasteiger charge is 2.40. The molecule has 2 fully saturated rings. The molecule has 150 valence electrons. The summed E-state index contributed by atoms with van der Waals surface area (Å²) >= 11 is 0. The zero-order chi connectivity index (χ0) is 19.3. The number of sulfonamides is 1. The minimum absolute atomic E-state index is 0.000764. The Morgan fingerprint density at radius 1 is 1.26 bits per heavy atom. The fourth-order valence-electron chi connectivity index (χ4n) is 3.84. The van der Waals surface area contributed by atoms with Crippen molar-refractivity contribution in [3.63, 3.8) is 0 Å². The summed E-state index contributed by atoms with van der Waals surface area (Å²) in [5.41, 5.74) is 0.789. The highest BCUT2D eigenvalue weighted by molar-refractivity contribution is 7.88. The summed E-state index contributed by atoms with van der Waals surface area (Å²) in [7, 11) is -3.39. The molecule has 7 nitrogen and oxygen atoms in total. The molecule has 0 saturated carbocycles. The van der Waals surface area contributed by atoms with E-state index < -0.39 is 10.0 Å². The number of hydrogen-bond acceptors (Lipinski definition) is 4. The lowest BCUT2D eigenvalue weighted by Crippen LogP contribution is -2.56. The van der Waals surface area contributed by atoms with Gasteiger partial charge in [-0.05, 0) is 18.4 Å². The number of urea groups is 1. The second-order valence-electron chi connectivity index (χ2n) is 7.22. The predicted molar refractivity (Wildman–Crippen MR) is 104 cm³/mol. The first kappa shape index (κ1) is 20.1. The average Bonchev–Trinajstić information content (AvgIpc) is 2.88. The standard InChI is InChI=1S/C19H29N3O4S/c1-2-9-20-19(23)22-11-12-26-14-17-13-21(10-8-18(17)22)27(24,25)15-16-6-4-3-5-7-16/h3-7,17-18H,2,8-15H2,1H3,(H,20,23)/t17-,18-/m1/s1. The van der Waals surface area contributed by atoms with Crippen molar-refractivity contribution in [3.8, 4) is 0 Å². The lowest BCUT2D eigenvalue weighted by molar-refractivity contribution is 0.0847. The molecule has 2 aliphatic heterocycles. The third-order valence-corrected chi connectivity index (χ3v) is 7.05. The molecule has 1 aromatic carbocycles. The van der Waals surface area contributed by atoms with Crippen LogP contribution in [0.25, 0.3) is 0 Å². The van der Waals surface area contributed by atoms with Crippen molar-refractivity contribution in [3.05, 3.63) is 35.9 Å². The number of carbonyl (C=O) groups is 1. The molecule has 0 aliphatic carbocycles. The number of hydrogen-bond donors (Lipinski definition) is 1. The van der Waals surface area contributed by atoms with Gasteiger partial charge in [-0.3, -0.25) is 0 Å². The molecule has 1 aromatic rings.